The molecule has 17 heavy (non-hydrogen) atoms. The van der Waals surface area contributed by atoms with E-state index in [1.165, 1.54) is 0 Å². The highest BCUT2D eigenvalue weighted by Crippen LogP contribution is 2.24. The molecule has 0 saturated heterocycles. The first-order valence-electron chi connectivity index (χ1n) is 5.06. The van der Waals surface area contributed by atoms with E-state index in [1.54, 1.807) is 25.4 Å². The Labute approximate surface area is 99.2 Å². The van der Waals surface area contributed by atoms with Crippen molar-refractivity contribution < 1.29 is 9.47 Å². The molecule has 0 aliphatic heterocycles. The number of hydrogen-bond acceptors (Lipinski definition) is 5. The fraction of sp³-hybridized carbons (Fsp3) is 0.0833. The van der Waals surface area contributed by atoms with Crippen LogP contribution < -0.4 is 20.7 Å². The van der Waals surface area contributed by atoms with Crippen molar-refractivity contribution in [2.75, 3.05) is 12.5 Å². The predicted molar refractivity (Wildman–Crippen MR) is 65.1 cm³/mol. The summed E-state index contributed by atoms with van der Waals surface area (Å²) >= 11 is 0. The van der Waals surface area contributed by atoms with Gasteiger partial charge >= 0.3 is 0 Å². The highest BCUT2D eigenvalue weighted by Gasteiger charge is 1.99. The van der Waals surface area contributed by atoms with E-state index in [1.807, 2.05) is 24.3 Å². The van der Waals surface area contributed by atoms with Crippen LogP contribution in [0, 0.1) is 0 Å². The van der Waals surface area contributed by atoms with Crippen LogP contribution in [0.5, 0.6) is 17.2 Å². The number of nitrogen functional groups attached to an aromatic ring is 1. The number of nitrogens with one attached hydrogen (secondary N) is 1. The summed E-state index contributed by atoms with van der Waals surface area (Å²) in [5.74, 6) is 7.99. The smallest absolute Gasteiger partial charge is 0.143 e. The van der Waals surface area contributed by atoms with E-state index in [-0.39, 0.29) is 0 Å². The van der Waals surface area contributed by atoms with Crippen molar-refractivity contribution in [2.24, 2.45) is 5.84 Å². The van der Waals surface area contributed by atoms with E-state index in [0.29, 0.717) is 11.6 Å². The summed E-state index contributed by atoms with van der Waals surface area (Å²) in [7, 11) is 1.62. The molecule has 3 N–H and O–H groups in total. The van der Waals surface area contributed by atoms with Crippen molar-refractivity contribution in [1.29, 1.82) is 0 Å². The Hall–Kier alpha value is -2.27. The first-order chi connectivity index (χ1) is 8.31. The molecule has 5 nitrogen and oxygen atoms in total. The number of nitrogens with two attached hydrogens (primary N) is 1. The van der Waals surface area contributed by atoms with Crippen molar-refractivity contribution in [3.63, 3.8) is 0 Å². The number of methoxy groups -OCH3 is 1. The maximum atomic E-state index is 5.63. The normalized spacial score (nSPS) is 9.76. The third kappa shape index (κ3) is 2.85. The molecule has 5 heteroatoms. The lowest BCUT2D eigenvalue weighted by molar-refractivity contribution is 0.413. The highest BCUT2D eigenvalue weighted by molar-refractivity contribution is 5.42. The molecule has 0 aliphatic carbocycles. The molecule has 0 saturated carbocycles. The molecule has 2 aromatic rings. The molecule has 0 fully saturated rings. The molecule has 0 spiro atoms. The van der Waals surface area contributed by atoms with Gasteiger partial charge in [0.05, 0.1) is 7.11 Å². The molecule has 88 valence electrons. The number of benzene rings is 1. The second-order valence-electron chi connectivity index (χ2n) is 3.30. The van der Waals surface area contributed by atoms with Gasteiger partial charge in [0.2, 0.25) is 0 Å². The summed E-state index contributed by atoms with van der Waals surface area (Å²) in [6.07, 6.45) is 1.62. The Balaban J connectivity index is 2.13. The standard InChI is InChI=1S/C12H13N3O2/c1-16-9-2-4-10(5-3-9)17-11-6-7-14-12(8-11)15-13/h2-8H,13H2,1H3,(H,14,15). The van der Waals surface area contributed by atoms with Crippen molar-refractivity contribution in [2.45, 2.75) is 0 Å². The Bertz CT molecular complexity index is 485. The van der Waals surface area contributed by atoms with E-state index < -0.39 is 0 Å². The quantitative estimate of drug-likeness (QED) is 0.623. The van der Waals surface area contributed by atoms with E-state index >= 15 is 0 Å². The Morgan fingerprint density at radius 3 is 2.41 bits per heavy atom. The number of rotatable bonds is 4. The fourth-order valence-corrected chi connectivity index (χ4v) is 1.33. The Morgan fingerprint density at radius 2 is 1.76 bits per heavy atom. The third-order valence-corrected chi connectivity index (χ3v) is 2.17. The van der Waals surface area contributed by atoms with Gasteiger partial charge in [0.1, 0.15) is 23.1 Å². The zero-order valence-corrected chi connectivity index (χ0v) is 9.38. The Morgan fingerprint density at radius 1 is 1.06 bits per heavy atom. The second-order valence-corrected chi connectivity index (χ2v) is 3.30. The van der Waals surface area contributed by atoms with Crippen LogP contribution in [0.2, 0.25) is 0 Å². The number of hydrogen-bond donors (Lipinski definition) is 2. The lowest BCUT2D eigenvalue weighted by Crippen LogP contribution is -2.08. The average molecular weight is 231 g/mol. The minimum atomic E-state index is 0.552. The van der Waals surface area contributed by atoms with Crippen molar-refractivity contribution in [3.05, 3.63) is 42.6 Å². The maximum absolute atomic E-state index is 5.63. The first kappa shape index (κ1) is 11.2. The lowest BCUT2D eigenvalue weighted by Gasteiger charge is -2.07. The summed E-state index contributed by atoms with van der Waals surface area (Å²) in [5, 5.41) is 0. The molecule has 2 rings (SSSR count). The zero-order chi connectivity index (χ0) is 12.1. The molecular weight excluding hydrogens is 218 g/mol. The van der Waals surface area contributed by atoms with Gasteiger partial charge in [0.15, 0.2) is 0 Å². The number of pyridine rings is 1. The number of nitrogens with zero attached hydrogens (tertiary/aromatic N) is 1. The number of aromatic nitrogens is 1. The number of ether oxygens (including phenoxy) is 2. The summed E-state index contributed by atoms with van der Waals surface area (Å²) in [4.78, 5) is 3.99. The van der Waals surface area contributed by atoms with Gasteiger partial charge in [-0.25, -0.2) is 10.8 Å². The SMILES string of the molecule is COc1ccc(Oc2ccnc(NN)c2)cc1. The molecular formula is C12H13N3O2. The summed E-state index contributed by atoms with van der Waals surface area (Å²) in [6.45, 7) is 0. The van der Waals surface area contributed by atoms with E-state index in [9.17, 15) is 0 Å². The van der Waals surface area contributed by atoms with Crippen LogP contribution in [-0.4, -0.2) is 12.1 Å². The maximum Gasteiger partial charge on any atom is 0.143 e. The van der Waals surface area contributed by atoms with Crippen LogP contribution >= 0.6 is 0 Å². The molecule has 0 aliphatic rings. The summed E-state index contributed by atoms with van der Waals surface area (Å²) < 4.78 is 10.7. The average Bonchev–Trinajstić information content (AvgIpc) is 2.40. The first-order valence-corrected chi connectivity index (χ1v) is 5.06. The van der Waals surface area contributed by atoms with Gasteiger partial charge in [-0.1, -0.05) is 0 Å². The van der Waals surface area contributed by atoms with Crippen LogP contribution in [0.25, 0.3) is 0 Å². The second kappa shape index (κ2) is 5.18. The largest absolute Gasteiger partial charge is 0.497 e. The van der Waals surface area contributed by atoms with Crippen molar-refractivity contribution in [3.8, 4) is 17.2 Å². The summed E-state index contributed by atoms with van der Waals surface area (Å²) in [6, 6.07) is 10.8. The van der Waals surface area contributed by atoms with Crippen LogP contribution in [-0.2, 0) is 0 Å². The van der Waals surface area contributed by atoms with Gasteiger partial charge in [-0.2, -0.15) is 0 Å². The molecule has 0 bridgehead atoms. The predicted octanol–water partition coefficient (Wildman–Crippen LogP) is 2.17. The van der Waals surface area contributed by atoms with Gasteiger partial charge in [0.25, 0.3) is 0 Å². The molecule has 1 aromatic heterocycles. The molecule has 0 amide bonds. The number of hydrazine groups is 1. The van der Waals surface area contributed by atoms with Gasteiger partial charge in [-0.3, -0.25) is 0 Å². The summed E-state index contributed by atoms with van der Waals surface area (Å²) in [5.41, 5.74) is 2.46. The molecule has 0 radical (unpaired) electrons. The highest BCUT2D eigenvalue weighted by atomic mass is 16.5. The fourth-order valence-electron chi connectivity index (χ4n) is 1.33. The number of anilines is 1. The topological polar surface area (TPSA) is 69.4 Å². The zero-order valence-electron chi connectivity index (χ0n) is 9.38. The van der Waals surface area contributed by atoms with Crippen molar-refractivity contribution in [1.82, 2.24) is 4.98 Å². The molecule has 1 heterocycles. The van der Waals surface area contributed by atoms with Gasteiger partial charge in [-0.15, -0.1) is 0 Å². The van der Waals surface area contributed by atoms with Gasteiger partial charge in [-0.05, 0) is 30.3 Å². The van der Waals surface area contributed by atoms with Gasteiger partial charge < -0.3 is 14.9 Å². The monoisotopic (exact) mass is 231 g/mol. The molecule has 1 aromatic carbocycles. The third-order valence-electron chi connectivity index (χ3n) is 2.17. The van der Waals surface area contributed by atoms with E-state index in [0.717, 1.165) is 11.5 Å². The van der Waals surface area contributed by atoms with Crippen LogP contribution in [0.3, 0.4) is 0 Å². The minimum Gasteiger partial charge on any atom is -0.497 e. The van der Waals surface area contributed by atoms with Crippen LogP contribution in [0.4, 0.5) is 5.82 Å². The lowest BCUT2D eigenvalue weighted by atomic mass is 10.3. The Kier molecular flexibility index (Phi) is 3.42. The minimum absolute atomic E-state index is 0.552. The van der Waals surface area contributed by atoms with E-state index in [4.69, 9.17) is 15.3 Å². The molecule has 0 atom stereocenters. The molecule has 0 unspecified atom stereocenters. The van der Waals surface area contributed by atoms with Crippen LogP contribution in [0.15, 0.2) is 42.6 Å². The van der Waals surface area contributed by atoms with Gasteiger partial charge in [0, 0.05) is 12.3 Å². The van der Waals surface area contributed by atoms with Crippen LogP contribution in [0.1, 0.15) is 0 Å². The van der Waals surface area contributed by atoms with Crippen molar-refractivity contribution >= 4 is 5.82 Å². The van der Waals surface area contributed by atoms with E-state index in [2.05, 4.69) is 10.4 Å².